The second-order valence-electron chi connectivity index (χ2n) is 4.57. The van der Waals surface area contributed by atoms with Crippen LogP contribution in [0.15, 0.2) is 0 Å². The van der Waals surface area contributed by atoms with Crippen molar-refractivity contribution in [2.24, 2.45) is 5.92 Å². The average Bonchev–Trinajstić information content (AvgIpc) is 2.06. The summed E-state index contributed by atoms with van der Waals surface area (Å²) in [5.74, 6) is -2.16. The number of amides is 1. The first-order chi connectivity index (χ1) is 6.79. The van der Waals surface area contributed by atoms with E-state index in [-0.39, 0.29) is 13.0 Å². The minimum atomic E-state index is -0.616. The molecule has 0 aromatic carbocycles. The molecule has 0 bridgehead atoms. The van der Waals surface area contributed by atoms with Crippen LogP contribution in [0.25, 0.3) is 0 Å². The van der Waals surface area contributed by atoms with Crippen LogP contribution < -0.4 is 5.32 Å². The Hall–Kier alpha value is -1.39. The molecule has 84 valence electrons. The van der Waals surface area contributed by atoms with Gasteiger partial charge in [-0.2, -0.15) is 0 Å². The molecular formula is C10H15NO4. The van der Waals surface area contributed by atoms with E-state index in [1.54, 1.807) is 20.8 Å². The van der Waals surface area contributed by atoms with E-state index in [1.807, 2.05) is 0 Å². The van der Waals surface area contributed by atoms with Crippen molar-refractivity contribution in [1.29, 1.82) is 0 Å². The highest BCUT2D eigenvalue weighted by Gasteiger charge is 2.33. The van der Waals surface area contributed by atoms with Gasteiger partial charge in [-0.3, -0.25) is 14.4 Å². The molecule has 1 aliphatic rings. The Labute approximate surface area is 88.2 Å². The number of piperidine rings is 1. The van der Waals surface area contributed by atoms with Crippen LogP contribution in [0.2, 0.25) is 0 Å². The summed E-state index contributed by atoms with van der Waals surface area (Å²) in [4.78, 5) is 33.4. The van der Waals surface area contributed by atoms with Gasteiger partial charge < -0.3 is 10.1 Å². The quantitative estimate of drug-likeness (QED) is 0.493. The molecule has 0 radical (unpaired) electrons. The largest absolute Gasteiger partial charge is 0.460 e. The van der Waals surface area contributed by atoms with E-state index in [0.29, 0.717) is 0 Å². The number of Topliss-reactive ketones (excluding diaryl/α,β-unsaturated/α-hetero) is 1. The molecule has 1 heterocycles. The minimum absolute atomic E-state index is 0.0548. The first-order valence-corrected chi connectivity index (χ1v) is 4.83. The third-order valence-electron chi connectivity index (χ3n) is 1.93. The average molecular weight is 213 g/mol. The maximum atomic E-state index is 11.5. The molecule has 5 heteroatoms. The van der Waals surface area contributed by atoms with Gasteiger partial charge in [0.25, 0.3) is 5.91 Å². The number of carbonyl (C=O) groups excluding carboxylic acids is 3. The van der Waals surface area contributed by atoms with E-state index in [1.165, 1.54) is 0 Å². The molecule has 0 saturated carbocycles. The maximum Gasteiger partial charge on any atom is 0.311 e. The Morgan fingerprint density at radius 3 is 2.47 bits per heavy atom. The van der Waals surface area contributed by atoms with Gasteiger partial charge in [-0.15, -0.1) is 0 Å². The number of esters is 1. The lowest BCUT2D eigenvalue weighted by atomic mass is 9.98. The van der Waals surface area contributed by atoms with Crippen molar-refractivity contribution in [1.82, 2.24) is 5.32 Å². The molecule has 1 rings (SSSR count). The van der Waals surface area contributed by atoms with E-state index in [0.717, 1.165) is 0 Å². The normalized spacial score (nSPS) is 22.2. The number of hydrogen-bond donors (Lipinski definition) is 1. The highest BCUT2D eigenvalue weighted by atomic mass is 16.6. The zero-order valence-electron chi connectivity index (χ0n) is 9.12. The molecule has 5 nitrogen and oxygen atoms in total. The van der Waals surface area contributed by atoms with E-state index in [4.69, 9.17) is 4.74 Å². The van der Waals surface area contributed by atoms with Crippen molar-refractivity contribution >= 4 is 17.7 Å². The van der Waals surface area contributed by atoms with E-state index in [9.17, 15) is 14.4 Å². The lowest BCUT2D eigenvalue weighted by molar-refractivity contribution is -0.162. The van der Waals surface area contributed by atoms with Crippen molar-refractivity contribution in [3.8, 4) is 0 Å². The number of ether oxygens (including phenoxy) is 1. The van der Waals surface area contributed by atoms with Gasteiger partial charge in [0.2, 0.25) is 5.78 Å². The number of rotatable bonds is 1. The van der Waals surface area contributed by atoms with Crippen LogP contribution >= 0.6 is 0 Å². The van der Waals surface area contributed by atoms with Crippen LogP contribution in [0.1, 0.15) is 27.2 Å². The van der Waals surface area contributed by atoms with Gasteiger partial charge in [-0.05, 0) is 20.8 Å². The first kappa shape index (κ1) is 11.7. The van der Waals surface area contributed by atoms with Gasteiger partial charge in [-0.25, -0.2) is 0 Å². The predicted octanol–water partition coefficient (Wildman–Crippen LogP) is 0.0333. The van der Waals surface area contributed by atoms with Gasteiger partial charge in [0, 0.05) is 13.0 Å². The van der Waals surface area contributed by atoms with Gasteiger partial charge >= 0.3 is 5.97 Å². The zero-order valence-corrected chi connectivity index (χ0v) is 9.12. The van der Waals surface area contributed by atoms with Crippen molar-refractivity contribution in [3.05, 3.63) is 0 Å². The van der Waals surface area contributed by atoms with Crippen molar-refractivity contribution in [3.63, 3.8) is 0 Å². The summed E-state index contributed by atoms with van der Waals surface area (Å²) in [5, 5.41) is 2.36. The summed E-state index contributed by atoms with van der Waals surface area (Å²) in [6, 6.07) is 0. The Morgan fingerprint density at radius 1 is 1.40 bits per heavy atom. The Morgan fingerprint density at radius 2 is 2.00 bits per heavy atom. The van der Waals surface area contributed by atoms with E-state index in [2.05, 4.69) is 5.32 Å². The fourth-order valence-electron chi connectivity index (χ4n) is 1.25. The van der Waals surface area contributed by atoms with Crippen molar-refractivity contribution in [2.75, 3.05) is 6.54 Å². The van der Waals surface area contributed by atoms with Crippen LogP contribution in [0.5, 0.6) is 0 Å². The lowest BCUT2D eigenvalue weighted by Crippen LogP contribution is -2.46. The van der Waals surface area contributed by atoms with Crippen LogP contribution in [-0.4, -0.2) is 29.8 Å². The number of nitrogens with one attached hydrogen (secondary N) is 1. The van der Waals surface area contributed by atoms with E-state index < -0.39 is 29.2 Å². The monoisotopic (exact) mass is 213 g/mol. The third kappa shape index (κ3) is 3.34. The molecule has 0 aromatic rings. The van der Waals surface area contributed by atoms with Crippen LogP contribution in [-0.2, 0) is 19.1 Å². The molecule has 1 amide bonds. The standard InChI is InChI=1S/C10H15NO4/c1-10(2,3)15-9(14)6-4-7(12)8(13)11-5-6/h6H,4-5H2,1-3H3,(H,11,13). The summed E-state index contributed by atoms with van der Waals surface area (Å²) in [6.45, 7) is 5.45. The molecule has 1 unspecified atom stereocenters. The molecule has 0 aliphatic carbocycles. The van der Waals surface area contributed by atoms with Crippen LogP contribution in [0.3, 0.4) is 0 Å². The molecule has 1 fully saturated rings. The molecular weight excluding hydrogens is 198 g/mol. The summed E-state index contributed by atoms with van der Waals surface area (Å²) in [7, 11) is 0. The second kappa shape index (κ2) is 4.00. The van der Waals surface area contributed by atoms with Crippen LogP contribution in [0, 0.1) is 5.92 Å². The number of ketones is 1. The maximum absolute atomic E-state index is 11.5. The fraction of sp³-hybridized carbons (Fsp3) is 0.700. The second-order valence-corrected chi connectivity index (χ2v) is 4.57. The van der Waals surface area contributed by atoms with Gasteiger partial charge in [0.05, 0.1) is 5.92 Å². The minimum Gasteiger partial charge on any atom is -0.460 e. The summed E-state index contributed by atoms with van der Waals surface area (Å²) in [6.07, 6.45) is -0.0548. The van der Waals surface area contributed by atoms with E-state index >= 15 is 0 Å². The van der Waals surface area contributed by atoms with Gasteiger partial charge in [0.1, 0.15) is 5.60 Å². The smallest absolute Gasteiger partial charge is 0.311 e. The molecule has 1 atom stereocenters. The Kier molecular flexibility index (Phi) is 3.12. The SMILES string of the molecule is CC(C)(C)OC(=O)C1CNC(=O)C(=O)C1. The first-order valence-electron chi connectivity index (χ1n) is 4.83. The van der Waals surface area contributed by atoms with Crippen LogP contribution in [0.4, 0.5) is 0 Å². The number of carbonyl (C=O) groups is 3. The highest BCUT2D eigenvalue weighted by molar-refractivity contribution is 6.37. The molecule has 15 heavy (non-hydrogen) atoms. The van der Waals surface area contributed by atoms with Gasteiger partial charge in [0.15, 0.2) is 0 Å². The Bertz CT molecular complexity index is 303. The summed E-state index contributed by atoms with van der Waals surface area (Å²) < 4.78 is 5.12. The topological polar surface area (TPSA) is 72.5 Å². The zero-order chi connectivity index (χ0) is 11.6. The summed E-state index contributed by atoms with van der Waals surface area (Å²) in [5.41, 5.74) is -0.568. The fourth-order valence-corrected chi connectivity index (χ4v) is 1.25. The third-order valence-corrected chi connectivity index (χ3v) is 1.93. The molecule has 0 aromatic heterocycles. The Balaban J connectivity index is 2.55. The van der Waals surface area contributed by atoms with Crippen molar-refractivity contribution in [2.45, 2.75) is 32.8 Å². The summed E-state index contributed by atoms with van der Waals surface area (Å²) >= 11 is 0. The molecule has 1 saturated heterocycles. The van der Waals surface area contributed by atoms with Crippen molar-refractivity contribution < 1.29 is 19.1 Å². The molecule has 1 aliphatic heterocycles. The molecule has 0 spiro atoms. The highest BCUT2D eigenvalue weighted by Crippen LogP contribution is 2.15. The predicted molar refractivity (Wildman–Crippen MR) is 52.0 cm³/mol. The molecule has 1 N–H and O–H groups in total. The van der Waals surface area contributed by atoms with Gasteiger partial charge in [-0.1, -0.05) is 0 Å². The number of hydrogen-bond acceptors (Lipinski definition) is 4. The lowest BCUT2D eigenvalue weighted by Gasteiger charge is -2.25.